The molecular weight excluding hydrogens is 1230 g/mol. The maximum Gasteiger partial charge on any atom is 0.293 e. The van der Waals surface area contributed by atoms with Crippen molar-refractivity contribution >= 4 is 102 Å². The molecule has 0 bridgehead atoms. The summed E-state index contributed by atoms with van der Waals surface area (Å²) in [6.07, 6.45) is 5.58. The third kappa shape index (κ3) is 15.2. The molecule has 486 valence electrons. The molecule has 1 atom stereocenters. The van der Waals surface area contributed by atoms with Gasteiger partial charge in [0.2, 0.25) is 17.7 Å². The van der Waals surface area contributed by atoms with Gasteiger partial charge in [0.15, 0.2) is 0 Å². The highest BCUT2D eigenvalue weighted by Crippen LogP contribution is 2.44. The molecular formula is C65H74ClN11O14S. The number of nitro groups is 1. The van der Waals surface area contributed by atoms with Crippen molar-refractivity contribution < 1.29 is 61.0 Å². The van der Waals surface area contributed by atoms with E-state index in [0.717, 1.165) is 60.9 Å². The summed E-state index contributed by atoms with van der Waals surface area (Å²) in [6.45, 7) is 11.8. The fourth-order valence-electron chi connectivity index (χ4n) is 12.2. The maximum atomic E-state index is 14.5. The molecule has 27 heteroatoms. The third-order valence-corrected chi connectivity index (χ3v) is 18.6. The van der Waals surface area contributed by atoms with Gasteiger partial charge in [-0.25, -0.2) is 13.1 Å². The number of aromatic nitrogens is 2. The lowest BCUT2D eigenvalue weighted by molar-refractivity contribution is -0.384. The van der Waals surface area contributed by atoms with E-state index in [4.69, 9.17) is 40.3 Å². The van der Waals surface area contributed by atoms with E-state index in [1.54, 1.807) is 24.4 Å². The van der Waals surface area contributed by atoms with E-state index >= 15 is 0 Å². The molecule has 25 nitrogen and oxygen atoms in total. The normalized spacial score (nSPS) is 17.7. The number of amides is 5. The van der Waals surface area contributed by atoms with Crippen LogP contribution in [0.2, 0.25) is 5.02 Å². The van der Waals surface area contributed by atoms with Crippen molar-refractivity contribution in [3.05, 3.63) is 140 Å². The van der Waals surface area contributed by atoms with Crippen molar-refractivity contribution in [2.75, 3.05) is 132 Å². The van der Waals surface area contributed by atoms with E-state index < -0.39 is 61.1 Å². The SMILES string of the molecule is CC1(C)CCC(CN2CCN(c3ccc(C(=O)NS(=O)(=O)c4ccc(NCCOCCOCCOCCOCCNc5cccc6c5C(=O)N(C5CCC(=O)NC5=O)C6=O)c([N+](=O)[O-])c4)c(N4CCCOc5nc6[nH]ccc6cc54)c3)CC2)=C(c2ccc(Cl)cc2)C1. The van der Waals surface area contributed by atoms with Gasteiger partial charge in [-0.05, 0) is 115 Å². The van der Waals surface area contributed by atoms with Crippen LogP contribution < -0.4 is 35.2 Å². The van der Waals surface area contributed by atoms with Crippen LogP contribution in [0.5, 0.6) is 5.88 Å². The Morgan fingerprint density at radius 2 is 1.51 bits per heavy atom. The van der Waals surface area contributed by atoms with Crippen LogP contribution in [0.15, 0.2) is 108 Å². The van der Waals surface area contributed by atoms with Crippen molar-refractivity contribution in [2.45, 2.75) is 63.3 Å². The maximum absolute atomic E-state index is 14.5. The number of anilines is 5. The molecule has 0 radical (unpaired) electrons. The minimum atomic E-state index is -4.67. The third-order valence-electron chi connectivity index (χ3n) is 17.0. The summed E-state index contributed by atoms with van der Waals surface area (Å²) in [5, 5.41) is 22.2. The van der Waals surface area contributed by atoms with Crippen LogP contribution in [0.25, 0.3) is 16.6 Å². The Balaban J connectivity index is 0.640. The Labute approximate surface area is 537 Å². The van der Waals surface area contributed by atoms with E-state index in [1.165, 1.54) is 34.9 Å². The van der Waals surface area contributed by atoms with Crippen LogP contribution in [0, 0.1) is 15.5 Å². The van der Waals surface area contributed by atoms with Gasteiger partial charge in [-0.1, -0.05) is 49.2 Å². The van der Waals surface area contributed by atoms with Crippen molar-refractivity contribution in [1.82, 2.24) is 29.8 Å². The molecule has 6 aromatic rings. The number of aromatic amines is 1. The largest absolute Gasteiger partial charge is 0.476 e. The summed E-state index contributed by atoms with van der Waals surface area (Å²) >= 11 is 6.29. The summed E-state index contributed by atoms with van der Waals surface area (Å²) in [6, 6.07) is 24.5. The summed E-state index contributed by atoms with van der Waals surface area (Å²) in [4.78, 5) is 91.8. The van der Waals surface area contributed by atoms with E-state index in [2.05, 4.69) is 61.4 Å². The van der Waals surface area contributed by atoms with Crippen molar-refractivity contribution in [3.8, 4) is 5.88 Å². The van der Waals surface area contributed by atoms with Crippen LogP contribution in [0.1, 0.15) is 89.0 Å². The molecule has 4 aromatic carbocycles. The number of hydrogen-bond acceptors (Lipinski definition) is 20. The second kappa shape index (κ2) is 29.0. The minimum absolute atomic E-state index is 0.0299. The zero-order chi connectivity index (χ0) is 64.5. The predicted octanol–water partition coefficient (Wildman–Crippen LogP) is 7.94. The number of imide groups is 2. The van der Waals surface area contributed by atoms with Gasteiger partial charge in [0.05, 0.1) is 91.7 Å². The van der Waals surface area contributed by atoms with Crippen LogP contribution >= 0.6 is 11.6 Å². The van der Waals surface area contributed by atoms with Gasteiger partial charge in [0.1, 0.15) is 23.1 Å². The molecule has 1 unspecified atom stereocenters. The molecule has 0 saturated carbocycles. The van der Waals surface area contributed by atoms with E-state index in [1.807, 2.05) is 41.3 Å². The first kappa shape index (κ1) is 65.0. The minimum Gasteiger partial charge on any atom is -0.476 e. The van der Waals surface area contributed by atoms with Crippen LogP contribution in [-0.2, 0) is 38.6 Å². The highest BCUT2D eigenvalue weighted by atomic mass is 35.5. The Bertz CT molecular complexity index is 3910. The number of fused-ring (bicyclic) bond motifs is 3. The fourth-order valence-corrected chi connectivity index (χ4v) is 13.3. The summed E-state index contributed by atoms with van der Waals surface area (Å²) < 4.78 is 59.0. The van der Waals surface area contributed by atoms with E-state index in [9.17, 15) is 42.5 Å². The number of nitrogens with zero attached hydrogens (tertiary/aromatic N) is 6. The second-order valence-corrected chi connectivity index (χ2v) is 25.9. The number of ether oxygens (including phenoxy) is 5. The van der Waals surface area contributed by atoms with Crippen molar-refractivity contribution in [1.29, 1.82) is 0 Å². The molecule has 2 fully saturated rings. The monoisotopic (exact) mass is 1300 g/mol. The number of hydrogen-bond donors (Lipinski definition) is 5. The Hall–Kier alpha value is -8.50. The van der Waals surface area contributed by atoms with Gasteiger partial charge in [0, 0.05) is 92.8 Å². The number of benzene rings is 4. The van der Waals surface area contributed by atoms with Gasteiger partial charge in [-0.3, -0.25) is 49.2 Å². The lowest BCUT2D eigenvalue weighted by Gasteiger charge is -2.39. The first-order chi connectivity index (χ1) is 44.4. The molecule has 5 N–H and O–H groups in total. The van der Waals surface area contributed by atoms with Gasteiger partial charge in [0.25, 0.3) is 33.4 Å². The Morgan fingerprint density at radius 1 is 0.804 bits per heavy atom. The number of carbonyl (C=O) groups is 5. The Morgan fingerprint density at radius 3 is 2.22 bits per heavy atom. The zero-order valence-electron chi connectivity index (χ0n) is 51.3. The van der Waals surface area contributed by atoms with Crippen LogP contribution in [-0.4, -0.2) is 181 Å². The van der Waals surface area contributed by atoms with Crippen LogP contribution in [0.3, 0.4) is 0 Å². The molecule has 92 heavy (non-hydrogen) atoms. The quantitative estimate of drug-likeness (QED) is 0.0141. The number of carbonyl (C=O) groups excluding carboxylic acids is 5. The molecule has 1 aliphatic carbocycles. The lowest BCUT2D eigenvalue weighted by Crippen LogP contribution is -2.54. The van der Waals surface area contributed by atoms with Gasteiger partial charge in [-0.15, -0.1) is 0 Å². The number of sulfonamides is 1. The number of piperazine rings is 1. The first-order valence-electron chi connectivity index (χ1n) is 30.9. The number of H-pyrrole nitrogens is 1. The standard InChI is InChI=1S/C65H74ClN11O14S/c1-65(2)19-17-44(50(40-65)42-7-9-45(66)10-8-42)41-73-24-26-74(27-25-73)46-11-13-48(54(38-46)75-23-4-28-91-62-56(75)37-43-18-20-69-59(43)71-62)60(79)72-92(85,86)47-12-14-51(55(39-47)77(83)84)67-21-29-87-31-33-89-35-36-90-34-32-88-30-22-68-52-6-3-5-49-58(52)64(82)76(63(49)81)53-15-16-57(78)70-61(53)80/h3,5-14,18,20,37-39,53,67-68H,4,15-17,19,21-36,40-41H2,1-2H3,(H,69,71)(H,72,79)(H,70,78,80). The highest BCUT2D eigenvalue weighted by Gasteiger charge is 2.46. The van der Waals surface area contributed by atoms with Gasteiger partial charge < -0.3 is 49.1 Å². The number of pyridine rings is 1. The van der Waals surface area contributed by atoms with E-state index in [0.29, 0.717) is 72.8 Å². The summed E-state index contributed by atoms with van der Waals surface area (Å²) in [7, 11) is -4.67. The molecule has 0 spiro atoms. The highest BCUT2D eigenvalue weighted by molar-refractivity contribution is 7.90. The molecule has 2 saturated heterocycles. The summed E-state index contributed by atoms with van der Waals surface area (Å²) in [5.41, 5.74) is 7.17. The number of halogens is 1. The zero-order valence-corrected chi connectivity index (χ0v) is 52.8. The smallest absolute Gasteiger partial charge is 0.293 e. The van der Waals surface area contributed by atoms with Gasteiger partial charge in [-0.2, -0.15) is 4.98 Å². The number of nitrogens with one attached hydrogen (secondary N) is 5. The fraction of sp³-hybridized carbons (Fsp3) is 0.415. The number of allylic oxidation sites excluding steroid dienone is 1. The molecule has 11 rings (SSSR count). The molecule has 5 aliphatic rings. The topological polar surface area (TPSA) is 299 Å². The second-order valence-electron chi connectivity index (χ2n) is 23.8. The number of piperidine rings is 1. The van der Waals surface area contributed by atoms with Crippen molar-refractivity contribution in [3.63, 3.8) is 0 Å². The van der Waals surface area contributed by atoms with Crippen molar-refractivity contribution in [2.24, 2.45) is 5.41 Å². The average molecular weight is 1300 g/mol. The molecule has 2 aromatic heterocycles. The average Bonchev–Trinajstić information content (AvgIpc) is 1.56. The predicted molar refractivity (Wildman–Crippen MR) is 345 cm³/mol. The first-order valence-corrected chi connectivity index (χ1v) is 32.7. The lowest BCUT2D eigenvalue weighted by atomic mass is 9.72. The molecule has 4 aliphatic heterocycles. The molecule has 6 heterocycles. The van der Waals surface area contributed by atoms with Gasteiger partial charge >= 0.3 is 0 Å². The Kier molecular flexibility index (Phi) is 20.5. The molecule has 5 amide bonds. The number of rotatable bonds is 27. The van der Waals surface area contributed by atoms with Crippen LogP contribution in [0.4, 0.5) is 34.1 Å². The van der Waals surface area contributed by atoms with E-state index in [-0.39, 0.29) is 100 Å². The number of nitro benzene ring substituents is 1. The summed E-state index contributed by atoms with van der Waals surface area (Å²) in [5.74, 6) is -2.87.